The zero-order valence-electron chi connectivity index (χ0n) is 32.9. The van der Waals surface area contributed by atoms with Crippen molar-refractivity contribution >= 4 is 49.0 Å². The van der Waals surface area contributed by atoms with E-state index in [1.807, 2.05) is 80.7 Å². The second-order valence-corrected chi connectivity index (χ2v) is 21.0. The van der Waals surface area contributed by atoms with Crippen LogP contribution in [0.5, 0.6) is 0 Å². The molecule has 14 heteroatoms. The molecule has 302 valence electrons. The Morgan fingerprint density at radius 1 is 0.912 bits per heavy atom. The molecule has 6 N–H and O–H groups in total. The highest BCUT2D eigenvalue weighted by molar-refractivity contribution is 6.71. The number of carbonyl (C=O) groups is 4. The van der Waals surface area contributed by atoms with E-state index in [4.69, 9.17) is 4.74 Å². The number of amides is 4. The molecule has 0 radical (unpaired) electrons. The molecule has 1 spiro atoms. The van der Waals surface area contributed by atoms with Gasteiger partial charge in [-0.1, -0.05) is 43.3 Å². The van der Waals surface area contributed by atoms with Crippen molar-refractivity contribution in [1.29, 1.82) is 0 Å². The van der Waals surface area contributed by atoms with E-state index >= 15 is 4.79 Å². The Morgan fingerprint density at radius 2 is 1.58 bits per heavy atom. The summed E-state index contributed by atoms with van der Waals surface area (Å²) in [5.74, 6) is -1.31. The van der Waals surface area contributed by atoms with Crippen molar-refractivity contribution in [2.75, 3.05) is 35.2 Å². The number of nitrogens with zero attached hydrogens (tertiary/aromatic N) is 2. The largest absolute Gasteiger partial charge is 0.432 e. The Kier molecular flexibility index (Phi) is 10.9. The summed E-state index contributed by atoms with van der Waals surface area (Å²) < 4.78 is 7.05. The quantitative estimate of drug-likeness (QED) is 0.167. The van der Waals surface area contributed by atoms with Crippen LogP contribution in [0.3, 0.4) is 0 Å². The number of nitrogens with one attached hydrogen (secondary N) is 4. The van der Waals surface area contributed by atoms with Gasteiger partial charge in [-0.2, -0.15) is 0 Å². The SMILES string of the molecule is C[C@H]1[C@H]([Si](C)(C)O)[C@@H](CC(=O)N2Cc3ccccc3C[C@H]2CO)O[C@]12C(=O)N(Cc1cccc(NC(=O)[C@H]3CCCN3)c1)c1ccc(NC(=O)[C@H]3CCCN3)cc12. The summed E-state index contributed by atoms with van der Waals surface area (Å²) in [4.78, 5) is 71.1. The first-order valence-electron chi connectivity index (χ1n) is 20.4. The van der Waals surface area contributed by atoms with Crippen molar-refractivity contribution in [3.8, 4) is 0 Å². The number of rotatable bonds is 10. The lowest BCUT2D eigenvalue weighted by atomic mass is 9.82. The average Bonchev–Trinajstić information content (AvgIpc) is 4.01. The van der Waals surface area contributed by atoms with Gasteiger partial charge < -0.3 is 45.7 Å². The fourth-order valence-corrected chi connectivity index (χ4v) is 12.6. The van der Waals surface area contributed by atoms with Gasteiger partial charge in [-0.3, -0.25) is 19.2 Å². The molecule has 0 unspecified atom stereocenters. The van der Waals surface area contributed by atoms with Crippen molar-refractivity contribution in [3.63, 3.8) is 0 Å². The molecule has 0 aromatic heterocycles. The molecule has 3 saturated heterocycles. The number of ether oxygens (including phenoxy) is 1. The molecule has 4 amide bonds. The topological polar surface area (TPSA) is 173 Å². The lowest BCUT2D eigenvalue weighted by Crippen LogP contribution is -2.48. The Hall–Kier alpha value is -4.44. The van der Waals surface area contributed by atoms with Crippen LogP contribution < -0.4 is 26.2 Å². The van der Waals surface area contributed by atoms with Gasteiger partial charge in [0.1, 0.15) is 0 Å². The predicted octanol–water partition coefficient (Wildman–Crippen LogP) is 3.75. The molecule has 3 fully saturated rings. The smallest absolute Gasteiger partial charge is 0.264 e. The normalized spacial score (nSPS) is 28.1. The zero-order valence-corrected chi connectivity index (χ0v) is 33.9. The van der Waals surface area contributed by atoms with Gasteiger partial charge in [0.2, 0.25) is 17.7 Å². The first-order chi connectivity index (χ1) is 27.4. The van der Waals surface area contributed by atoms with Gasteiger partial charge in [0.15, 0.2) is 13.9 Å². The van der Waals surface area contributed by atoms with Crippen LogP contribution in [-0.2, 0) is 49.0 Å². The van der Waals surface area contributed by atoms with Crippen LogP contribution in [-0.4, -0.2) is 90.7 Å². The first kappa shape index (κ1) is 39.4. The minimum absolute atomic E-state index is 0.0730. The molecule has 3 aromatic rings. The maximum absolute atomic E-state index is 15.3. The van der Waals surface area contributed by atoms with E-state index < -0.39 is 37.5 Å². The van der Waals surface area contributed by atoms with E-state index in [1.54, 1.807) is 15.9 Å². The number of benzene rings is 3. The minimum atomic E-state index is -3.12. The van der Waals surface area contributed by atoms with Crippen molar-refractivity contribution in [2.24, 2.45) is 5.92 Å². The van der Waals surface area contributed by atoms with E-state index in [0.29, 0.717) is 35.6 Å². The molecule has 5 aliphatic rings. The number of carbonyl (C=O) groups excluding carboxylic acids is 4. The van der Waals surface area contributed by atoms with E-state index in [-0.39, 0.29) is 55.3 Å². The standard InChI is InChI=1S/C43H54N6O7Si/c1-26-39(57(2,3)55)37(22-38(51)48-24-29-11-5-4-10-28(29)20-32(48)25-50)56-43(26)33-21-31(47-41(53)35-14-8-18-45-35)15-16-36(33)49(42(43)54)23-27-9-6-12-30(19-27)46-40(52)34-13-7-17-44-34/h4-6,9-12,15-16,19,21,26,32,34-35,37,39,44-45,50,55H,7-8,13-14,17-18,20,22-25H2,1-3H3,(H,46,52)(H,47,53)/t26-,32-,34+,35+,37+,39-,43+/m0/s1. The van der Waals surface area contributed by atoms with E-state index in [0.717, 1.165) is 55.5 Å². The molecule has 0 saturated carbocycles. The van der Waals surface area contributed by atoms with E-state index in [2.05, 4.69) is 21.3 Å². The molecule has 5 aliphatic heterocycles. The fourth-order valence-electron chi connectivity index (χ4n) is 10.0. The van der Waals surface area contributed by atoms with Gasteiger partial charge >= 0.3 is 0 Å². The Bertz CT molecular complexity index is 2050. The van der Waals surface area contributed by atoms with Crippen LogP contribution in [0.15, 0.2) is 66.7 Å². The fraction of sp³-hybridized carbons (Fsp3) is 0.488. The average molecular weight is 795 g/mol. The second kappa shape index (κ2) is 15.7. The molecule has 57 heavy (non-hydrogen) atoms. The Labute approximate surface area is 334 Å². The molecule has 3 aromatic carbocycles. The minimum Gasteiger partial charge on any atom is -0.432 e. The third kappa shape index (κ3) is 7.43. The highest BCUT2D eigenvalue weighted by Gasteiger charge is 2.66. The molecule has 8 rings (SSSR count). The molecule has 5 heterocycles. The van der Waals surface area contributed by atoms with Crippen molar-refractivity contribution in [2.45, 2.75) is 107 Å². The highest BCUT2D eigenvalue weighted by atomic mass is 28.4. The number of fused-ring (bicyclic) bond motifs is 3. The number of aliphatic hydroxyl groups is 1. The summed E-state index contributed by atoms with van der Waals surface area (Å²) >= 11 is 0. The molecule has 0 bridgehead atoms. The Balaban J connectivity index is 1.13. The van der Waals surface area contributed by atoms with Crippen LogP contribution >= 0.6 is 0 Å². The summed E-state index contributed by atoms with van der Waals surface area (Å²) in [6.07, 6.45) is 3.03. The summed E-state index contributed by atoms with van der Waals surface area (Å²) in [6.45, 7) is 7.49. The van der Waals surface area contributed by atoms with Gasteiger partial charge in [0.25, 0.3) is 5.91 Å². The Morgan fingerprint density at radius 3 is 2.21 bits per heavy atom. The number of anilines is 3. The molecule has 13 nitrogen and oxygen atoms in total. The third-order valence-electron chi connectivity index (χ3n) is 12.8. The molecule has 0 aliphatic carbocycles. The molecule has 7 atom stereocenters. The van der Waals surface area contributed by atoms with Crippen molar-refractivity contribution in [1.82, 2.24) is 15.5 Å². The monoisotopic (exact) mass is 794 g/mol. The number of aliphatic hydroxyl groups excluding tert-OH is 1. The van der Waals surface area contributed by atoms with Gasteiger partial charge in [0, 0.05) is 34.9 Å². The third-order valence-corrected chi connectivity index (χ3v) is 15.3. The summed E-state index contributed by atoms with van der Waals surface area (Å²) in [7, 11) is -3.12. The number of hydrogen-bond acceptors (Lipinski definition) is 9. The van der Waals surface area contributed by atoms with Crippen molar-refractivity contribution in [3.05, 3.63) is 89.0 Å². The molecular weight excluding hydrogens is 741 g/mol. The van der Waals surface area contributed by atoms with Crippen LogP contribution in [0.25, 0.3) is 0 Å². The van der Waals surface area contributed by atoms with Gasteiger partial charge in [0.05, 0.1) is 49.5 Å². The van der Waals surface area contributed by atoms with Crippen LogP contribution in [0.2, 0.25) is 18.6 Å². The van der Waals surface area contributed by atoms with Gasteiger partial charge in [-0.05, 0) is 105 Å². The van der Waals surface area contributed by atoms with Crippen LogP contribution in [0.1, 0.15) is 61.3 Å². The van der Waals surface area contributed by atoms with E-state index in [9.17, 15) is 24.3 Å². The van der Waals surface area contributed by atoms with Crippen LogP contribution in [0.4, 0.5) is 17.1 Å². The van der Waals surface area contributed by atoms with E-state index in [1.165, 1.54) is 0 Å². The zero-order chi connectivity index (χ0) is 40.1. The lowest BCUT2D eigenvalue weighted by molar-refractivity contribution is -0.151. The van der Waals surface area contributed by atoms with Crippen LogP contribution in [0, 0.1) is 5.92 Å². The maximum Gasteiger partial charge on any atom is 0.264 e. The summed E-state index contributed by atoms with van der Waals surface area (Å²) in [5, 5.41) is 22.9. The predicted molar refractivity (Wildman–Crippen MR) is 219 cm³/mol. The maximum atomic E-state index is 15.3. The number of hydrogen-bond donors (Lipinski definition) is 6. The first-order valence-corrected chi connectivity index (χ1v) is 23.4. The summed E-state index contributed by atoms with van der Waals surface area (Å²) in [6, 6.07) is 19.9. The summed E-state index contributed by atoms with van der Waals surface area (Å²) in [5.41, 5.74) is 3.20. The second-order valence-electron chi connectivity index (χ2n) is 17.0. The van der Waals surface area contributed by atoms with Gasteiger partial charge in [-0.15, -0.1) is 0 Å². The lowest BCUT2D eigenvalue weighted by Gasteiger charge is -2.37. The van der Waals surface area contributed by atoms with Crippen molar-refractivity contribution < 1.29 is 33.8 Å². The molecular formula is C43H54N6O7Si. The highest BCUT2D eigenvalue weighted by Crippen LogP contribution is 2.60. The van der Waals surface area contributed by atoms with Gasteiger partial charge in [-0.25, -0.2) is 0 Å².